The van der Waals surface area contributed by atoms with Crippen LogP contribution in [-0.4, -0.2) is 16.8 Å². The topological polar surface area (TPSA) is 38.3 Å². The van der Waals surface area contributed by atoms with E-state index in [1.807, 2.05) is 39.0 Å². The van der Waals surface area contributed by atoms with Gasteiger partial charge in [0, 0.05) is 10.7 Å². The number of alkyl halides is 1. The van der Waals surface area contributed by atoms with Gasteiger partial charge in [-0.05, 0) is 50.8 Å². The van der Waals surface area contributed by atoms with Gasteiger partial charge in [0.1, 0.15) is 5.75 Å². The molecule has 0 atom stereocenters. The predicted molar refractivity (Wildman–Crippen MR) is 92.4 cm³/mol. The van der Waals surface area contributed by atoms with Crippen LogP contribution in [0.4, 0.5) is 5.69 Å². The van der Waals surface area contributed by atoms with Gasteiger partial charge < -0.3 is 10.1 Å². The van der Waals surface area contributed by atoms with E-state index in [1.165, 1.54) is 5.56 Å². The van der Waals surface area contributed by atoms with Crippen LogP contribution < -0.4 is 10.1 Å². The Kier molecular flexibility index (Phi) is 6.72. The van der Waals surface area contributed by atoms with E-state index < -0.39 is 0 Å². The van der Waals surface area contributed by atoms with E-state index >= 15 is 0 Å². The zero-order valence-corrected chi connectivity index (χ0v) is 15.2. The molecule has 0 spiro atoms. The summed E-state index contributed by atoms with van der Waals surface area (Å²) in [4.78, 5) is 11.9. The van der Waals surface area contributed by atoms with Crippen molar-refractivity contribution >= 4 is 27.5 Å². The molecule has 0 saturated carbocycles. The van der Waals surface area contributed by atoms with Gasteiger partial charge >= 0.3 is 0 Å². The summed E-state index contributed by atoms with van der Waals surface area (Å²) < 4.78 is 5.71. The van der Waals surface area contributed by atoms with Gasteiger partial charge in [0.25, 0.3) is 0 Å². The molecule has 0 heterocycles. The summed E-state index contributed by atoms with van der Waals surface area (Å²) in [6, 6.07) is 5.98. The minimum atomic E-state index is 0.0273. The van der Waals surface area contributed by atoms with Crippen LogP contribution in [-0.2, 0) is 11.2 Å². The lowest BCUT2D eigenvalue weighted by atomic mass is 10.0. The van der Waals surface area contributed by atoms with E-state index in [-0.39, 0.29) is 10.2 Å². The molecule has 1 aromatic carbocycles. The third-order valence-electron chi connectivity index (χ3n) is 2.84. The minimum Gasteiger partial charge on any atom is -0.492 e. The van der Waals surface area contributed by atoms with Crippen molar-refractivity contribution in [2.75, 3.05) is 11.9 Å². The van der Waals surface area contributed by atoms with Gasteiger partial charge in [-0.3, -0.25) is 4.79 Å². The number of carbonyl (C=O) groups is 1. The van der Waals surface area contributed by atoms with Gasteiger partial charge in [0.15, 0.2) is 0 Å². The Balaban J connectivity index is 2.91. The molecule has 0 aliphatic heterocycles. The fourth-order valence-corrected chi connectivity index (χ4v) is 2.44. The average molecular weight is 356 g/mol. The van der Waals surface area contributed by atoms with Crippen molar-refractivity contribution in [1.82, 2.24) is 0 Å². The molecular formula is C17H26BrNO2. The molecule has 0 unspecified atom stereocenters. The predicted octanol–water partition coefficient (Wildman–Crippen LogP) is 4.79. The standard InChI is InChI=1S/C17H26BrNO2/c1-6-21-15-10-13(11-17(4,5)18)7-8-14(15)19-16(20)9-12(2)3/h7-8,10,12H,6,9,11H2,1-5H3,(H,19,20). The SMILES string of the molecule is CCOc1cc(CC(C)(C)Br)ccc1NC(=O)CC(C)C. The lowest BCUT2D eigenvalue weighted by Crippen LogP contribution is -2.16. The fourth-order valence-electron chi connectivity index (χ4n) is 2.11. The zero-order chi connectivity index (χ0) is 16.0. The molecular weight excluding hydrogens is 330 g/mol. The smallest absolute Gasteiger partial charge is 0.224 e. The first kappa shape index (κ1) is 18.0. The normalized spacial score (nSPS) is 11.6. The Morgan fingerprint density at radius 1 is 1.38 bits per heavy atom. The Labute approximate surface area is 136 Å². The molecule has 0 saturated heterocycles. The van der Waals surface area contributed by atoms with Crippen molar-refractivity contribution in [3.8, 4) is 5.75 Å². The highest BCUT2D eigenvalue weighted by molar-refractivity contribution is 9.10. The summed E-state index contributed by atoms with van der Waals surface area (Å²) in [7, 11) is 0. The van der Waals surface area contributed by atoms with Gasteiger partial charge in [0.2, 0.25) is 5.91 Å². The molecule has 0 aliphatic rings. The van der Waals surface area contributed by atoms with Gasteiger partial charge in [-0.2, -0.15) is 0 Å². The second-order valence-electron chi connectivity index (χ2n) is 6.31. The largest absolute Gasteiger partial charge is 0.492 e. The summed E-state index contributed by atoms with van der Waals surface area (Å²) in [5, 5.41) is 2.94. The van der Waals surface area contributed by atoms with Crippen LogP contribution in [0, 0.1) is 5.92 Å². The van der Waals surface area contributed by atoms with E-state index in [2.05, 4.69) is 35.1 Å². The third-order valence-corrected chi connectivity index (χ3v) is 3.12. The first-order valence-electron chi connectivity index (χ1n) is 7.45. The first-order valence-corrected chi connectivity index (χ1v) is 8.25. The molecule has 0 aliphatic carbocycles. The summed E-state index contributed by atoms with van der Waals surface area (Å²) in [5.74, 6) is 1.11. The lowest BCUT2D eigenvalue weighted by Gasteiger charge is -2.18. The molecule has 1 amide bonds. The maximum atomic E-state index is 11.9. The Morgan fingerprint density at radius 3 is 2.57 bits per heavy atom. The molecule has 118 valence electrons. The van der Waals surface area contributed by atoms with Crippen LogP contribution in [0.25, 0.3) is 0 Å². The molecule has 1 aromatic rings. The summed E-state index contributed by atoms with van der Waals surface area (Å²) in [6.45, 7) is 10.8. The van der Waals surface area contributed by atoms with Crippen molar-refractivity contribution in [1.29, 1.82) is 0 Å². The van der Waals surface area contributed by atoms with Gasteiger partial charge in [-0.15, -0.1) is 0 Å². The maximum absolute atomic E-state index is 11.9. The molecule has 0 bridgehead atoms. The van der Waals surface area contributed by atoms with Crippen molar-refractivity contribution < 1.29 is 9.53 Å². The van der Waals surface area contributed by atoms with Crippen molar-refractivity contribution in [3.63, 3.8) is 0 Å². The van der Waals surface area contributed by atoms with Crippen LogP contribution in [0.5, 0.6) is 5.75 Å². The number of nitrogens with one attached hydrogen (secondary N) is 1. The second-order valence-corrected chi connectivity index (χ2v) is 8.45. The van der Waals surface area contributed by atoms with Gasteiger partial charge in [-0.25, -0.2) is 0 Å². The molecule has 0 fully saturated rings. The number of hydrogen-bond acceptors (Lipinski definition) is 2. The monoisotopic (exact) mass is 355 g/mol. The zero-order valence-electron chi connectivity index (χ0n) is 13.6. The van der Waals surface area contributed by atoms with Crippen molar-refractivity contribution in [2.24, 2.45) is 5.92 Å². The number of amides is 1. The number of rotatable bonds is 7. The molecule has 0 aromatic heterocycles. The highest BCUT2D eigenvalue weighted by Gasteiger charge is 2.16. The van der Waals surface area contributed by atoms with E-state index in [0.29, 0.717) is 18.9 Å². The fraction of sp³-hybridized carbons (Fsp3) is 0.588. The summed E-state index contributed by atoms with van der Waals surface area (Å²) >= 11 is 3.65. The highest BCUT2D eigenvalue weighted by atomic mass is 79.9. The number of anilines is 1. The van der Waals surface area contributed by atoms with E-state index in [4.69, 9.17) is 4.74 Å². The van der Waals surface area contributed by atoms with Crippen LogP contribution in [0.1, 0.15) is 46.6 Å². The summed E-state index contributed by atoms with van der Waals surface area (Å²) in [5.41, 5.74) is 1.93. The summed E-state index contributed by atoms with van der Waals surface area (Å²) in [6.07, 6.45) is 1.41. The number of ether oxygens (including phenoxy) is 1. The number of hydrogen-bond donors (Lipinski definition) is 1. The number of benzene rings is 1. The van der Waals surface area contributed by atoms with Crippen LogP contribution in [0.15, 0.2) is 18.2 Å². The van der Waals surface area contributed by atoms with E-state index in [0.717, 1.165) is 17.9 Å². The average Bonchev–Trinajstić information content (AvgIpc) is 2.29. The quantitative estimate of drug-likeness (QED) is 0.714. The Bertz CT molecular complexity index is 478. The van der Waals surface area contributed by atoms with Crippen LogP contribution in [0.2, 0.25) is 0 Å². The van der Waals surface area contributed by atoms with Gasteiger partial charge in [0.05, 0.1) is 12.3 Å². The Hall–Kier alpha value is -1.03. The maximum Gasteiger partial charge on any atom is 0.224 e. The van der Waals surface area contributed by atoms with Gasteiger partial charge in [-0.1, -0.05) is 35.8 Å². The number of halogens is 1. The molecule has 1 rings (SSSR count). The highest BCUT2D eigenvalue weighted by Crippen LogP contribution is 2.30. The molecule has 3 nitrogen and oxygen atoms in total. The van der Waals surface area contributed by atoms with E-state index in [9.17, 15) is 4.79 Å². The third kappa shape index (κ3) is 6.98. The minimum absolute atomic E-state index is 0.0273. The molecule has 21 heavy (non-hydrogen) atoms. The lowest BCUT2D eigenvalue weighted by molar-refractivity contribution is -0.116. The molecule has 1 N–H and O–H groups in total. The van der Waals surface area contributed by atoms with Crippen LogP contribution in [0.3, 0.4) is 0 Å². The van der Waals surface area contributed by atoms with Crippen molar-refractivity contribution in [2.45, 2.75) is 51.8 Å². The first-order chi connectivity index (χ1) is 9.71. The second kappa shape index (κ2) is 7.83. The van der Waals surface area contributed by atoms with Crippen LogP contribution >= 0.6 is 15.9 Å². The number of carbonyl (C=O) groups excluding carboxylic acids is 1. The molecule has 4 heteroatoms. The molecule has 0 radical (unpaired) electrons. The van der Waals surface area contributed by atoms with E-state index in [1.54, 1.807) is 0 Å². The Morgan fingerprint density at radius 2 is 2.05 bits per heavy atom. The van der Waals surface area contributed by atoms with Crippen molar-refractivity contribution in [3.05, 3.63) is 23.8 Å².